The Morgan fingerprint density at radius 3 is 1.92 bits per heavy atom. The number of nitrogens with one attached hydrogen (secondary N) is 3. The number of carboxylic acid groups (broad SMARTS) is 2. The van der Waals surface area contributed by atoms with E-state index in [1.54, 1.807) is 30.3 Å². The number of rotatable bonds is 18. The molecule has 38 heavy (non-hydrogen) atoms. The lowest BCUT2D eigenvalue weighted by molar-refractivity contribution is -0.142. The summed E-state index contributed by atoms with van der Waals surface area (Å²) in [6, 6.07) is 3.25. The van der Waals surface area contributed by atoms with E-state index in [1.165, 1.54) is 0 Å². The minimum absolute atomic E-state index is 0.0286. The quantitative estimate of drug-likeness (QED) is 0.0953. The van der Waals surface area contributed by atoms with E-state index in [9.17, 15) is 33.9 Å². The fraction of sp³-hybridized carbons (Fsp3) is 0.500. The van der Waals surface area contributed by atoms with Crippen LogP contribution in [-0.4, -0.2) is 76.5 Å². The highest BCUT2D eigenvalue weighted by Crippen LogP contribution is 2.08. The first-order chi connectivity index (χ1) is 17.9. The van der Waals surface area contributed by atoms with Gasteiger partial charge in [0.2, 0.25) is 23.6 Å². The van der Waals surface area contributed by atoms with Gasteiger partial charge in [-0.3, -0.25) is 24.0 Å². The Labute approximate surface area is 219 Å². The Morgan fingerprint density at radius 2 is 1.37 bits per heavy atom. The number of carbonyl (C=O) groups is 6. The van der Waals surface area contributed by atoms with Crippen LogP contribution in [0.1, 0.15) is 44.1 Å². The molecule has 14 heteroatoms. The van der Waals surface area contributed by atoms with Crippen molar-refractivity contribution in [2.45, 2.75) is 69.1 Å². The van der Waals surface area contributed by atoms with Crippen molar-refractivity contribution in [1.82, 2.24) is 16.0 Å². The number of nitrogens with two attached hydrogens (primary N) is 3. The number of carbonyl (C=O) groups excluding carboxylic acids is 4. The third-order valence-corrected chi connectivity index (χ3v) is 5.52. The Kier molecular flexibility index (Phi) is 14.0. The monoisotopic (exact) mass is 536 g/mol. The molecule has 0 aromatic heterocycles. The lowest BCUT2D eigenvalue weighted by Crippen LogP contribution is -2.57. The Bertz CT molecular complexity index is 974. The molecule has 14 nitrogen and oxygen atoms in total. The van der Waals surface area contributed by atoms with Crippen molar-refractivity contribution >= 4 is 35.6 Å². The first-order valence-electron chi connectivity index (χ1n) is 12.1. The van der Waals surface area contributed by atoms with Gasteiger partial charge in [0.1, 0.15) is 18.1 Å². The highest BCUT2D eigenvalue weighted by molar-refractivity contribution is 5.95. The molecule has 0 aliphatic rings. The van der Waals surface area contributed by atoms with Gasteiger partial charge in [0.25, 0.3) is 0 Å². The molecule has 1 aromatic rings. The normalized spacial score (nSPS) is 13.8. The molecule has 4 atom stereocenters. The molecule has 210 valence electrons. The lowest BCUT2D eigenvalue weighted by atomic mass is 10.0. The van der Waals surface area contributed by atoms with Crippen LogP contribution in [0.15, 0.2) is 30.3 Å². The number of unbranched alkanes of at least 4 members (excludes halogenated alkanes) is 1. The summed E-state index contributed by atoms with van der Waals surface area (Å²) < 4.78 is 0. The van der Waals surface area contributed by atoms with E-state index in [0.29, 0.717) is 24.9 Å². The molecule has 0 aliphatic heterocycles. The second kappa shape index (κ2) is 16.7. The summed E-state index contributed by atoms with van der Waals surface area (Å²) in [6.45, 7) is 0.349. The van der Waals surface area contributed by atoms with Gasteiger partial charge >= 0.3 is 11.9 Å². The zero-order valence-electron chi connectivity index (χ0n) is 20.9. The van der Waals surface area contributed by atoms with Crippen LogP contribution in [0.3, 0.4) is 0 Å². The van der Waals surface area contributed by atoms with Crippen LogP contribution in [0.5, 0.6) is 0 Å². The molecule has 1 aromatic carbocycles. The molecule has 0 saturated carbocycles. The molecular weight excluding hydrogens is 500 g/mol. The van der Waals surface area contributed by atoms with Crippen molar-refractivity contribution in [1.29, 1.82) is 0 Å². The summed E-state index contributed by atoms with van der Waals surface area (Å²) in [4.78, 5) is 72.5. The predicted octanol–water partition coefficient (Wildman–Crippen LogP) is -2.04. The molecule has 0 saturated heterocycles. The van der Waals surface area contributed by atoms with E-state index in [2.05, 4.69) is 16.0 Å². The highest BCUT2D eigenvalue weighted by atomic mass is 16.4. The summed E-state index contributed by atoms with van der Waals surface area (Å²) in [5.41, 5.74) is 16.9. The van der Waals surface area contributed by atoms with Gasteiger partial charge in [-0.15, -0.1) is 0 Å². The smallest absolute Gasteiger partial charge is 0.326 e. The number of aliphatic carboxylic acids is 2. The van der Waals surface area contributed by atoms with Gasteiger partial charge in [0.15, 0.2) is 0 Å². The van der Waals surface area contributed by atoms with Crippen molar-refractivity contribution in [2.24, 2.45) is 17.2 Å². The second-order valence-electron chi connectivity index (χ2n) is 8.71. The first-order valence-corrected chi connectivity index (χ1v) is 12.1. The molecule has 0 aliphatic carbocycles. The van der Waals surface area contributed by atoms with Crippen molar-refractivity contribution in [3.8, 4) is 0 Å². The maximum atomic E-state index is 13.2. The van der Waals surface area contributed by atoms with Crippen LogP contribution in [-0.2, 0) is 35.2 Å². The summed E-state index contributed by atoms with van der Waals surface area (Å²) in [5.74, 6) is -5.91. The number of primary amides is 1. The van der Waals surface area contributed by atoms with Crippen molar-refractivity contribution in [3.05, 3.63) is 35.9 Å². The summed E-state index contributed by atoms with van der Waals surface area (Å²) in [6.07, 6.45) is -0.132. The average molecular weight is 537 g/mol. The topological polar surface area (TPSA) is 257 Å². The second-order valence-corrected chi connectivity index (χ2v) is 8.71. The van der Waals surface area contributed by atoms with Crippen LogP contribution in [0.2, 0.25) is 0 Å². The predicted molar refractivity (Wildman–Crippen MR) is 135 cm³/mol. The molecule has 4 unspecified atom stereocenters. The van der Waals surface area contributed by atoms with Crippen molar-refractivity contribution in [3.63, 3.8) is 0 Å². The largest absolute Gasteiger partial charge is 0.481 e. The van der Waals surface area contributed by atoms with E-state index in [-0.39, 0.29) is 25.7 Å². The number of hydrogen-bond acceptors (Lipinski definition) is 8. The maximum Gasteiger partial charge on any atom is 0.326 e. The Balaban J connectivity index is 3.10. The van der Waals surface area contributed by atoms with E-state index in [1.807, 2.05) is 0 Å². The van der Waals surface area contributed by atoms with Crippen LogP contribution in [0.25, 0.3) is 0 Å². The van der Waals surface area contributed by atoms with Crippen LogP contribution < -0.4 is 33.2 Å². The zero-order valence-corrected chi connectivity index (χ0v) is 20.9. The molecule has 11 N–H and O–H groups in total. The summed E-state index contributed by atoms with van der Waals surface area (Å²) in [5, 5.41) is 25.6. The highest BCUT2D eigenvalue weighted by Gasteiger charge is 2.31. The molecule has 0 heterocycles. The van der Waals surface area contributed by atoms with Gasteiger partial charge in [-0.05, 0) is 37.8 Å². The van der Waals surface area contributed by atoms with E-state index in [0.717, 1.165) is 0 Å². The molecule has 0 radical (unpaired) electrons. The van der Waals surface area contributed by atoms with Crippen LogP contribution in [0, 0.1) is 0 Å². The molecule has 1 rings (SSSR count). The third kappa shape index (κ3) is 12.3. The number of amides is 4. The molecule has 0 bridgehead atoms. The fourth-order valence-electron chi connectivity index (χ4n) is 3.47. The number of carboxylic acids is 2. The molecule has 0 fully saturated rings. The average Bonchev–Trinajstić information content (AvgIpc) is 2.85. The number of hydrogen-bond donors (Lipinski definition) is 8. The minimum atomic E-state index is -1.43. The van der Waals surface area contributed by atoms with Gasteiger partial charge in [-0.25, -0.2) is 4.79 Å². The Morgan fingerprint density at radius 1 is 0.789 bits per heavy atom. The van der Waals surface area contributed by atoms with Crippen LogP contribution in [0.4, 0.5) is 0 Å². The molecule has 0 spiro atoms. The molecule has 4 amide bonds. The van der Waals surface area contributed by atoms with Crippen LogP contribution >= 0.6 is 0 Å². The van der Waals surface area contributed by atoms with Crippen molar-refractivity contribution in [2.75, 3.05) is 6.54 Å². The third-order valence-electron chi connectivity index (χ3n) is 5.52. The van der Waals surface area contributed by atoms with Gasteiger partial charge in [0.05, 0.1) is 12.5 Å². The summed E-state index contributed by atoms with van der Waals surface area (Å²) in [7, 11) is 0. The van der Waals surface area contributed by atoms with Gasteiger partial charge in [-0.1, -0.05) is 30.3 Å². The van der Waals surface area contributed by atoms with E-state index >= 15 is 0 Å². The van der Waals surface area contributed by atoms with Gasteiger partial charge in [-0.2, -0.15) is 0 Å². The van der Waals surface area contributed by atoms with E-state index < -0.39 is 66.2 Å². The van der Waals surface area contributed by atoms with Gasteiger partial charge < -0.3 is 43.4 Å². The zero-order chi connectivity index (χ0) is 28.7. The lowest BCUT2D eigenvalue weighted by Gasteiger charge is -2.25. The standard InChI is InChI=1S/C24H36N6O8/c25-11-5-4-8-17(24(37)38)29-22(35)16(9-10-19(27)31)28-23(36)18(12-14-6-2-1-3-7-14)30-21(34)15(26)13-20(32)33/h1-3,6-7,15-18H,4-5,8-13,25-26H2,(H2,27,31)(H,28,36)(H,29,35)(H,30,34)(H,32,33)(H,37,38). The molecular formula is C24H36N6O8. The Hall–Kier alpha value is -4.04. The van der Waals surface area contributed by atoms with E-state index in [4.69, 9.17) is 22.3 Å². The van der Waals surface area contributed by atoms with Crippen molar-refractivity contribution < 1.29 is 39.0 Å². The van der Waals surface area contributed by atoms with Gasteiger partial charge in [0, 0.05) is 12.8 Å². The SMILES string of the molecule is NCCCCC(NC(=O)C(CCC(N)=O)NC(=O)C(Cc1ccccc1)NC(=O)C(N)CC(=O)O)C(=O)O. The minimum Gasteiger partial charge on any atom is -0.481 e. The number of benzene rings is 1. The fourth-order valence-corrected chi connectivity index (χ4v) is 3.47. The first kappa shape index (κ1) is 32.0. The summed E-state index contributed by atoms with van der Waals surface area (Å²) >= 11 is 0. The maximum absolute atomic E-state index is 13.2.